The van der Waals surface area contributed by atoms with Crippen LogP contribution in [0.5, 0.6) is 0 Å². The summed E-state index contributed by atoms with van der Waals surface area (Å²) in [6.07, 6.45) is 11.1. The highest BCUT2D eigenvalue weighted by molar-refractivity contribution is 5.68. The predicted molar refractivity (Wildman–Crippen MR) is 87.7 cm³/mol. The lowest BCUT2D eigenvalue weighted by Gasteiger charge is -2.35. The van der Waals surface area contributed by atoms with E-state index in [1.54, 1.807) is 32.9 Å². The smallest absolute Gasteiger partial charge is 0.410 e. The minimum atomic E-state index is -1.24. The largest absolute Gasteiger partial charge is 0.487 e. The van der Waals surface area contributed by atoms with Crippen LogP contribution in [0.4, 0.5) is 9.18 Å². The molecule has 2 aliphatic rings. The first-order chi connectivity index (χ1) is 10.8. The molecule has 1 saturated heterocycles. The molecule has 126 valence electrons. The molecule has 1 aliphatic carbocycles. The van der Waals surface area contributed by atoms with Crippen LogP contribution in [0.25, 0.3) is 0 Å². The van der Waals surface area contributed by atoms with Gasteiger partial charge in [0, 0.05) is 13.0 Å². The van der Waals surface area contributed by atoms with E-state index < -0.39 is 24.0 Å². The van der Waals surface area contributed by atoms with Gasteiger partial charge in [-0.05, 0) is 32.9 Å². The average Bonchev–Trinajstić information content (AvgIpc) is 2.41. The van der Waals surface area contributed by atoms with Crippen molar-refractivity contribution < 1.29 is 18.7 Å². The second kappa shape index (κ2) is 7.49. The van der Waals surface area contributed by atoms with Crippen LogP contribution >= 0.6 is 0 Å². The Balaban J connectivity index is 1.90. The zero-order valence-electron chi connectivity index (χ0n) is 13.9. The number of ether oxygens (including phenoxy) is 2. The fraction of sp³-hybridized carbons (Fsp3) is 0.500. The number of halogens is 1. The molecule has 0 aromatic heterocycles. The van der Waals surface area contributed by atoms with Crippen molar-refractivity contribution in [1.82, 2.24) is 4.90 Å². The quantitative estimate of drug-likeness (QED) is 0.774. The minimum Gasteiger partial charge on any atom is -0.487 e. The number of carbonyl (C=O) groups excluding carboxylic acids is 1. The number of carbonyl (C=O) groups is 1. The fourth-order valence-corrected chi connectivity index (χ4v) is 2.31. The minimum absolute atomic E-state index is 0.00762. The van der Waals surface area contributed by atoms with Gasteiger partial charge < -0.3 is 14.4 Å². The van der Waals surface area contributed by atoms with Crippen LogP contribution in [0.2, 0.25) is 0 Å². The van der Waals surface area contributed by atoms with Gasteiger partial charge in [0.2, 0.25) is 0 Å². The topological polar surface area (TPSA) is 38.8 Å². The van der Waals surface area contributed by atoms with Crippen molar-refractivity contribution in [2.75, 3.05) is 13.1 Å². The Morgan fingerprint density at radius 3 is 2.61 bits per heavy atom. The molecular formula is C18H24FNO3. The summed E-state index contributed by atoms with van der Waals surface area (Å²) in [5.74, 6) is 0.615. The first-order valence-corrected chi connectivity index (χ1v) is 7.85. The summed E-state index contributed by atoms with van der Waals surface area (Å²) < 4.78 is 25.4. The van der Waals surface area contributed by atoms with Gasteiger partial charge in [0.05, 0.1) is 6.54 Å². The number of hydrogen-bond acceptors (Lipinski definition) is 3. The Morgan fingerprint density at radius 2 is 1.91 bits per heavy atom. The Hall–Kier alpha value is -2.04. The lowest BCUT2D eigenvalue weighted by molar-refractivity contribution is -0.0270. The summed E-state index contributed by atoms with van der Waals surface area (Å²) in [7, 11) is 0. The summed E-state index contributed by atoms with van der Waals surface area (Å²) in [6, 6.07) is 0. The normalized spacial score (nSPS) is 31.1. The zero-order valence-corrected chi connectivity index (χ0v) is 13.9. The highest BCUT2D eigenvalue weighted by Gasteiger charge is 2.35. The molecule has 0 radical (unpaired) electrons. The SMILES string of the molecule is CC(C)(C)OC(=O)N1CC[C@@H](OC2=C/C=C\C=C/C=C\2)C(F)C1. The molecule has 0 saturated carbocycles. The van der Waals surface area contributed by atoms with Crippen molar-refractivity contribution in [2.24, 2.45) is 0 Å². The molecule has 5 heteroatoms. The molecule has 1 aliphatic heterocycles. The number of hydrogen-bond donors (Lipinski definition) is 0. The first-order valence-electron chi connectivity index (χ1n) is 7.85. The Morgan fingerprint density at radius 1 is 1.22 bits per heavy atom. The van der Waals surface area contributed by atoms with Gasteiger partial charge in [-0.3, -0.25) is 0 Å². The monoisotopic (exact) mass is 321 g/mol. The molecule has 23 heavy (non-hydrogen) atoms. The molecule has 4 nitrogen and oxygen atoms in total. The van der Waals surface area contributed by atoms with Gasteiger partial charge in [0.25, 0.3) is 0 Å². The number of alkyl halides is 1. The van der Waals surface area contributed by atoms with Crippen LogP contribution in [-0.4, -0.2) is 42.0 Å². The number of nitrogens with zero attached hydrogens (tertiary/aromatic N) is 1. The maximum atomic E-state index is 14.4. The fourth-order valence-electron chi connectivity index (χ4n) is 2.31. The van der Waals surface area contributed by atoms with Crippen molar-refractivity contribution in [3.63, 3.8) is 0 Å². The van der Waals surface area contributed by atoms with E-state index in [0.29, 0.717) is 18.7 Å². The Bertz CT molecular complexity index is 543. The van der Waals surface area contributed by atoms with E-state index in [9.17, 15) is 9.18 Å². The summed E-state index contributed by atoms with van der Waals surface area (Å²) in [5, 5.41) is 0. The van der Waals surface area contributed by atoms with Crippen LogP contribution in [0, 0.1) is 0 Å². The van der Waals surface area contributed by atoms with Crippen LogP contribution in [-0.2, 0) is 9.47 Å². The average molecular weight is 321 g/mol. The van der Waals surface area contributed by atoms with Gasteiger partial charge in [0.1, 0.15) is 17.5 Å². The molecule has 1 heterocycles. The lowest BCUT2D eigenvalue weighted by atomic mass is 10.1. The maximum absolute atomic E-state index is 14.4. The van der Waals surface area contributed by atoms with Gasteiger partial charge in [0.15, 0.2) is 6.17 Å². The van der Waals surface area contributed by atoms with Gasteiger partial charge in [-0.2, -0.15) is 0 Å². The molecule has 1 amide bonds. The lowest BCUT2D eigenvalue weighted by Crippen LogP contribution is -2.49. The second-order valence-corrected chi connectivity index (χ2v) is 6.59. The number of allylic oxidation sites excluding steroid dienone is 7. The van der Waals surface area contributed by atoms with Crippen molar-refractivity contribution in [2.45, 2.75) is 45.1 Å². The third kappa shape index (κ3) is 5.58. The number of amides is 1. The van der Waals surface area contributed by atoms with Crippen molar-refractivity contribution >= 4 is 6.09 Å². The maximum Gasteiger partial charge on any atom is 0.410 e. The van der Waals surface area contributed by atoms with Gasteiger partial charge in [-0.15, -0.1) is 0 Å². The molecule has 1 fully saturated rings. The predicted octanol–water partition coefficient (Wildman–Crippen LogP) is 3.92. The van der Waals surface area contributed by atoms with Gasteiger partial charge in [-0.25, -0.2) is 9.18 Å². The molecule has 0 spiro atoms. The van der Waals surface area contributed by atoms with Crippen molar-refractivity contribution in [3.8, 4) is 0 Å². The highest BCUT2D eigenvalue weighted by atomic mass is 19.1. The van der Waals surface area contributed by atoms with E-state index >= 15 is 0 Å². The van der Waals surface area contributed by atoms with Crippen LogP contribution < -0.4 is 0 Å². The van der Waals surface area contributed by atoms with Gasteiger partial charge in [-0.1, -0.05) is 30.4 Å². The molecule has 0 aromatic carbocycles. The number of rotatable bonds is 2. The van der Waals surface area contributed by atoms with E-state index in [4.69, 9.17) is 9.47 Å². The zero-order chi connectivity index (χ0) is 16.9. The Labute approximate surface area is 136 Å². The molecule has 1 unspecified atom stereocenters. The summed E-state index contributed by atoms with van der Waals surface area (Å²) in [4.78, 5) is 13.4. The van der Waals surface area contributed by atoms with Crippen LogP contribution in [0.1, 0.15) is 27.2 Å². The third-order valence-electron chi connectivity index (χ3n) is 3.39. The second-order valence-electron chi connectivity index (χ2n) is 6.59. The van der Waals surface area contributed by atoms with E-state index in [0.717, 1.165) is 0 Å². The first kappa shape index (κ1) is 17.3. The number of likely N-dealkylation sites (tertiary alicyclic amines) is 1. The van der Waals surface area contributed by atoms with E-state index in [2.05, 4.69) is 0 Å². The van der Waals surface area contributed by atoms with E-state index in [1.807, 2.05) is 30.4 Å². The van der Waals surface area contributed by atoms with E-state index in [1.165, 1.54) is 4.90 Å². The van der Waals surface area contributed by atoms with Crippen LogP contribution in [0.3, 0.4) is 0 Å². The van der Waals surface area contributed by atoms with Gasteiger partial charge >= 0.3 is 6.09 Å². The highest BCUT2D eigenvalue weighted by Crippen LogP contribution is 2.22. The van der Waals surface area contributed by atoms with Crippen LogP contribution in [0.15, 0.2) is 48.3 Å². The Kier molecular flexibility index (Phi) is 5.64. The summed E-state index contributed by atoms with van der Waals surface area (Å²) >= 11 is 0. The summed E-state index contributed by atoms with van der Waals surface area (Å²) in [6.45, 7) is 5.80. The van der Waals surface area contributed by atoms with Crippen molar-refractivity contribution in [1.29, 1.82) is 0 Å². The molecule has 0 aromatic rings. The molecule has 2 atom stereocenters. The summed E-state index contributed by atoms with van der Waals surface area (Å²) in [5.41, 5.74) is -0.579. The molecule has 0 N–H and O–H groups in total. The van der Waals surface area contributed by atoms with E-state index in [-0.39, 0.29) is 6.54 Å². The molecular weight excluding hydrogens is 297 g/mol. The standard InChI is InChI=1S/C18H24FNO3/c1-18(2,3)23-17(21)20-12-11-16(15(19)13-20)22-14-9-7-5-4-6-8-10-14/h4-10,15-16H,11-13H2,1-3H3/b5-4-,6-4?,7-5?,8-6-,9-7-,10-8?,14-9?,14-10+/t15?,16-/m1/s1. The van der Waals surface area contributed by atoms with Crippen molar-refractivity contribution in [3.05, 3.63) is 48.3 Å². The molecule has 2 rings (SSSR count). The third-order valence-corrected chi connectivity index (χ3v) is 3.39. The molecule has 0 bridgehead atoms. The number of piperidine rings is 1.